The topological polar surface area (TPSA) is 13.0 Å². The molecule has 0 N–H and O–H groups in total. The van der Waals surface area contributed by atoms with Gasteiger partial charge in [-0.15, -0.1) is 0 Å². The predicted molar refractivity (Wildman–Crippen MR) is 325 cm³/mol. The molecule has 4 nitrogen and oxygen atoms in total. The molecule has 0 fully saturated rings. The lowest BCUT2D eigenvalue weighted by molar-refractivity contribution is 0.548. The number of benzene rings is 10. The summed E-state index contributed by atoms with van der Waals surface area (Å²) in [5.74, 6) is 0. The Morgan fingerprint density at radius 3 is 0.641 bits per heavy atom. The molecule has 78 heavy (non-hydrogen) atoms. The number of rotatable bonds is 5. The molecule has 0 bridgehead atoms. The first-order chi connectivity index (χ1) is 37.7. The molecule has 0 aromatic heterocycles. The van der Waals surface area contributed by atoms with Gasteiger partial charge in [-0.2, -0.15) is 0 Å². The highest BCUT2D eigenvalue weighted by molar-refractivity contribution is 5.97. The molecular formula is C74H62N4. The van der Waals surface area contributed by atoms with Gasteiger partial charge in [-0.3, -0.25) is 0 Å². The van der Waals surface area contributed by atoms with Crippen molar-refractivity contribution in [3.8, 4) is 44.5 Å². The molecular weight excluding hydrogens is 945 g/mol. The van der Waals surface area contributed by atoms with Crippen molar-refractivity contribution in [1.82, 2.24) is 0 Å². The molecule has 378 valence electrons. The maximum absolute atomic E-state index is 2.71. The Morgan fingerprint density at radius 1 is 0.218 bits per heavy atom. The fraction of sp³-hybridized carbons (Fsp3) is 0.189. The fourth-order valence-electron chi connectivity index (χ4n) is 15.6. The van der Waals surface area contributed by atoms with Crippen LogP contribution in [0, 0.1) is 0 Å². The second-order valence-electron chi connectivity index (χ2n) is 24.9. The highest BCUT2D eigenvalue weighted by atomic mass is 15.5. The Labute approximate surface area is 459 Å². The zero-order chi connectivity index (χ0) is 52.8. The Balaban J connectivity index is 0.979. The molecule has 4 heteroatoms. The molecule has 0 amide bonds. The molecule has 10 aromatic carbocycles. The average Bonchev–Trinajstić information content (AvgIpc) is 3.60. The van der Waals surface area contributed by atoms with Crippen molar-refractivity contribution in [2.45, 2.75) is 89.4 Å². The first kappa shape index (κ1) is 45.6. The summed E-state index contributed by atoms with van der Waals surface area (Å²) in [6, 6.07) is 84.0. The minimum atomic E-state index is -0.318. The van der Waals surface area contributed by atoms with E-state index in [-0.39, 0.29) is 34.0 Å². The molecule has 0 spiro atoms. The molecule has 2 heterocycles. The molecule has 0 saturated carbocycles. The molecule has 0 radical (unpaired) electrons. The molecule has 16 rings (SSSR count). The minimum Gasteiger partial charge on any atom is -0.314 e. The summed E-state index contributed by atoms with van der Waals surface area (Å²) in [5.41, 5.74) is 30.2. The van der Waals surface area contributed by atoms with Crippen LogP contribution in [-0.2, 0) is 21.7 Å². The van der Waals surface area contributed by atoms with Gasteiger partial charge in [0.15, 0.2) is 12.3 Å². The van der Waals surface area contributed by atoms with Crippen molar-refractivity contribution >= 4 is 45.5 Å². The smallest absolute Gasteiger partial charge is 0.151 e. The van der Waals surface area contributed by atoms with Crippen LogP contribution in [-0.4, -0.2) is 12.3 Å². The first-order valence-electron chi connectivity index (χ1n) is 28.1. The van der Waals surface area contributed by atoms with Gasteiger partial charge in [0.25, 0.3) is 0 Å². The molecule has 2 aliphatic heterocycles. The quantitative estimate of drug-likeness (QED) is 0.170. The molecule has 10 aromatic rings. The summed E-state index contributed by atoms with van der Waals surface area (Å²) >= 11 is 0. The van der Waals surface area contributed by atoms with Crippen LogP contribution >= 0.6 is 0 Å². The summed E-state index contributed by atoms with van der Waals surface area (Å²) in [6.07, 6.45) is -0.636. The largest absolute Gasteiger partial charge is 0.314 e. The van der Waals surface area contributed by atoms with Crippen molar-refractivity contribution in [1.29, 1.82) is 0 Å². The lowest BCUT2D eigenvalue weighted by atomic mass is 9.82. The van der Waals surface area contributed by atoms with Crippen LogP contribution in [0.3, 0.4) is 0 Å². The lowest BCUT2D eigenvalue weighted by Crippen LogP contribution is -2.58. The fourth-order valence-corrected chi connectivity index (χ4v) is 15.6. The van der Waals surface area contributed by atoms with Gasteiger partial charge in [0.2, 0.25) is 0 Å². The third-order valence-corrected chi connectivity index (χ3v) is 19.5. The standard InChI is InChI=1S/C74H62N4/c1-71(2)57-25-13-9-21-49(57)53-37-33-45(41-61(53)71)75-65-29-17-18-30-66(65)76(46-34-38-54-50-22-10-14-26-58(50)72(3,4)62(54)42-46)69(75)70-77(47-35-39-55-51-23-11-15-27-59(51)73(5,6)63(55)43-47)67-31-19-20-32-68(67)78(70)48-36-40-56-52-24-12-16-28-60(52)74(7,8)64(56)44-48/h9-44,69-70H,1-8H3. The zero-order valence-corrected chi connectivity index (χ0v) is 45.7. The van der Waals surface area contributed by atoms with Crippen LogP contribution < -0.4 is 19.6 Å². The lowest BCUT2D eigenvalue weighted by Gasteiger charge is -2.45. The number of fused-ring (bicyclic) bond motifs is 14. The normalized spacial score (nSPS) is 17.7. The molecule has 4 aliphatic carbocycles. The van der Waals surface area contributed by atoms with E-state index >= 15 is 0 Å². The van der Waals surface area contributed by atoms with Crippen LogP contribution in [0.25, 0.3) is 44.5 Å². The van der Waals surface area contributed by atoms with E-state index < -0.39 is 0 Å². The Hall–Kier alpha value is -8.60. The van der Waals surface area contributed by atoms with E-state index in [2.05, 4.69) is 293 Å². The van der Waals surface area contributed by atoms with E-state index in [1.54, 1.807) is 0 Å². The van der Waals surface area contributed by atoms with Gasteiger partial charge >= 0.3 is 0 Å². The highest BCUT2D eigenvalue weighted by Crippen LogP contribution is 2.61. The Morgan fingerprint density at radius 2 is 0.410 bits per heavy atom. The summed E-state index contributed by atoms with van der Waals surface area (Å²) < 4.78 is 0. The van der Waals surface area contributed by atoms with Gasteiger partial charge in [0.1, 0.15) is 0 Å². The Bertz CT molecular complexity index is 3690. The van der Waals surface area contributed by atoms with Crippen molar-refractivity contribution in [2.24, 2.45) is 0 Å². The van der Waals surface area contributed by atoms with Gasteiger partial charge in [0, 0.05) is 44.4 Å². The van der Waals surface area contributed by atoms with Gasteiger partial charge in [-0.25, -0.2) is 0 Å². The van der Waals surface area contributed by atoms with Crippen LogP contribution in [0.2, 0.25) is 0 Å². The van der Waals surface area contributed by atoms with E-state index in [0.717, 1.165) is 0 Å². The zero-order valence-electron chi connectivity index (χ0n) is 45.7. The van der Waals surface area contributed by atoms with E-state index in [9.17, 15) is 0 Å². The van der Waals surface area contributed by atoms with Crippen LogP contribution in [0.15, 0.2) is 218 Å². The van der Waals surface area contributed by atoms with E-state index in [0.29, 0.717) is 0 Å². The number of hydrogen-bond acceptors (Lipinski definition) is 4. The molecule has 0 saturated heterocycles. The van der Waals surface area contributed by atoms with Gasteiger partial charge in [0.05, 0.1) is 22.7 Å². The van der Waals surface area contributed by atoms with Crippen LogP contribution in [0.4, 0.5) is 45.5 Å². The monoisotopic (exact) mass is 1010 g/mol. The van der Waals surface area contributed by atoms with Crippen LogP contribution in [0.5, 0.6) is 0 Å². The summed E-state index contributed by atoms with van der Waals surface area (Å²) in [4.78, 5) is 10.8. The second-order valence-corrected chi connectivity index (χ2v) is 24.9. The third kappa shape index (κ3) is 5.85. The van der Waals surface area contributed by atoms with E-state index in [1.807, 2.05) is 0 Å². The second kappa shape index (κ2) is 15.5. The van der Waals surface area contributed by atoms with Crippen LogP contribution in [0.1, 0.15) is 99.9 Å². The van der Waals surface area contributed by atoms with Crippen molar-refractivity contribution < 1.29 is 0 Å². The summed E-state index contributed by atoms with van der Waals surface area (Å²) in [7, 11) is 0. The van der Waals surface area contributed by atoms with Gasteiger partial charge in [-0.05, 0) is 162 Å². The number of nitrogens with zero attached hydrogens (tertiary/aromatic N) is 4. The van der Waals surface area contributed by atoms with Crippen molar-refractivity contribution in [2.75, 3.05) is 19.6 Å². The van der Waals surface area contributed by atoms with Crippen molar-refractivity contribution in [3.63, 3.8) is 0 Å². The molecule has 0 unspecified atom stereocenters. The van der Waals surface area contributed by atoms with E-state index in [1.165, 1.54) is 135 Å². The third-order valence-electron chi connectivity index (χ3n) is 19.5. The SMILES string of the molecule is CC1(C)c2ccccc2-c2ccc(N3c4ccccc4N(c4ccc5c(c4)C(C)(C)c4ccccc4-5)C3C3N(c4ccc5c(c4)C(C)(C)c4ccccc4-5)c4ccccc4N3c3ccc4c(c3)C(C)(C)c3ccccc3-4)cc21. The molecule has 0 atom stereocenters. The highest BCUT2D eigenvalue weighted by Gasteiger charge is 2.53. The van der Waals surface area contributed by atoms with Gasteiger partial charge in [-0.1, -0.05) is 201 Å². The molecule has 6 aliphatic rings. The number of para-hydroxylation sites is 4. The van der Waals surface area contributed by atoms with Gasteiger partial charge < -0.3 is 19.6 Å². The summed E-state index contributed by atoms with van der Waals surface area (Å²) in [5, 5.41) is 0. The predicted octanol–water partition coefficient (Wildman–Crippen LogP) is 18.8. The maximum atomic E-state index is 2.71. The van der Waals surface area contributed by atoms with E-state index in [4.69, 9.17) is 0 Å². The Kier molecular flexibility index (Phi) is 9.08. The maximum Gasteiger partial charge on any atom is 0.151 e. The first-order valence-corrected chi connectivity index (χ1v) is 28.1. The average molecular weight is 1010 g/mol. The number of hydrogen-bond donors (Lipinski definition) is 0. The summed E-state index contributed by atoms with van der Waals surface area (Å²) in [6.45, 7) is 19.3. The minimum absolute atomic E-state index is 0.192. The number of anilines is 8. The van der Waals surface area contributed by atoms with Crippen molar-refractivity contribution in [3.05, 3.63) is 263 Å².